The first-order chi connectivity index (χ1) is 6.67. The Morgan fingerprint density at radius 2 is 1.93 bits per heavy atom. The van der Waals surface area contributed by atoms with Gasteiger partial charge in [-0.25, -0.2) is 4.39 Å². The first-order valence-electron chi connectivity index (χ1n) is 5.10. The Labute approximate surface area is 84.9 Å². The van der Waals surface area contributed by atoms with Crippen molar-refractivity contribution in [3.8, 4) is 5.75 Å². The fraction of sp³-hybridized carbons (Fsp3) is 0.500. The van der Waals surface area contributed by atoms with Crippen molar-refractivity contribution < 1.29 is 9.13 Å². The van der Waals surface area contributed by atoms with E-state index in [4.69, 9.17) is 4.74 Å². The number of hydrogen-bond acceptors (Lipinski definition) is 1. The summed E-state index contributed by atoms with van der Waals surface area (Å²) in [5.41, 5.74) is 0.633. The van der Waals surface area contributed by atoms with Crippen LogP contribution in [0.15, 0.2) is 18.2 Å². The Bertz CT molecular complexity index is 292. The maximum Gasteiger partial charge on any atom is 0.126 e. The van der Waals surface area contributed by atoms with Gasteiger partial charge in [-0.2, -0.15) is 0 Å². The van der Waals surface area contributed by atoms with Crippen LogP contribution in [0.5, 0.6) is 5.75 Å². The summed E-state index contributed by atoms with van der Waals surface area (Å²) in [6, 6.07) is 4.88. The van der Waals surface area contributed by atoms with E-state index in [0.717, 1.165) is 18.6 Å². The lowest BCUT2D eigenvalue weighted by Gasteiger charge is -2.15. The van der Waals surface area contributed by atoms with E-state index in [0.29, 0.717) is 5.56 Å². The summed E-state index contributed by atoms with van der Waals surface area (Å²) in [5.74, 6) is 0.583. The zero-order valence-electron chi connectivity index (χ0n) is 9.01. The van der Waals surface area contributed by atoms with Crippen LogP contribution in [0.3, 0.4) is 0 Å². The third kappa shape index (κ3) is 2.72. The third-order valence-corrected chi connectivity index (χ3v) is 2.34. The molecule has 78 valence electrons. The molecule has 0 aliphatic carbocycles. The van der Waals surface area contributed by atoms with Crippen molar-refractivity contribution in [1.29, 1.82) is 0 Å². The number of aryl methyl sites for hydroxylation is 1. The predicted octanol–water partition coefficient (Wildman–Crippen LogP) is 3.70. The van der Waals surface area contributed by atoms with E-state index in [2.05, 4.69) is 13.8 Å². The van der Waals surface area contributed by atoms with Crippen molar-refractivity contribution in [3.63, 3.8) is 0 Å². The van der Waals surface area contributed by atoms with Crippen LogP contribution >= 0.6 is 0 Å². The molecule has 1 aromatic rings. The highest BCUT2D eigenvalue weighted by Crippen LogP contribution is 2.18. The summed E-state index contributed by atoms with van der Waals surface area (Å²) in [4.78, 5) is 0. The molecule has 0 aliphatic heterocycles. The van der Waals surface area contributed by atoms with Crippen LogP contribution in [0.2, 0.25) is 0 Å². The van der Waals surface area contributed by atoms with E-state index in [1.54, 1.807) is 19.1 Å². The molecule has 0 unspecified atom stereocenters. The van der Waals surface area contributed by atoms with Crippen LogP contribution in [-0.2, 0) is 0 Å². The van der Waals surface area contributed by atoms with Crippen LogP contribution in [0, 0.1) is 12.7 Å². The van der Waals surface area contributed by atoms with Gasteiger partial charge in [-0.1, -0.05) is 13.8 Å². The minimum atomic E-state index is -0.179. The van der Waals surface area contributed by atoms with Gasteiger partial charge in [0.2, 0.25) is 0 Å². The molecule has 0 bridgehead atoms. The second-order valence-electron chi connectivity index (χ2n) is 3.47. The molecule has 0 heterocycles. The Morgan fingerprint density at radius 3 is 2.43 bits per heavy atom. The van der Waals surface area contributed by atoms with Gasteiger partial charge in [0.05, 0.1) is 6.10 Å². The second kappa shape index (κ2) is 4.99. The topological polar surface area (TPSA) is 9.23 Å². The first-order valence-corrected chi connectivity index (χ1v) is 5.10. The van der Waals surface area contributed by atoms with Crippen molar-refractivity contribution >= 4 is 0 Å². The summed E-state index contributed by atoms with van der Waals surface area (Å²) < 4.78 is 18.6. The molecular formula is C12H17FO. The molecule has 14 heavy (non-hydrogen) atoms. The van der Waals surface area contributed by atoms with Crippen molar-refractivity contribution in [1.82, 2.24) is 0 Å². The zero-order chi connectivity index (χ0) is 10.6. The molecule has 1 nitrogen and oxygen atoms in total. The SMILES string of the molecule is CCC(CC)Oc1ccc(F)c(C)c1. The Morgan fingerprint density at radius 1 is 1.29 bits per heavy atom. The predicted molar refractivity (Wildman–Crippen MR) is 56.1 cm³/mol. The molecule has 0 N–H and O–H groups in total. The summed E-state index contributed by atoms with van der Waals surface area (Å²) >= 11 is 0. The molecule has 0 saturated heterocycles. The zero-order valence-corrected chi connectivity index (χ0v) is 9.01. The van der Waals surface area contributed by atoms with Crippen LogP contribution in [0.4, 0.5) is 4.39 Å². The van der Waals surface area contributed by atoms with Crippen molar-refractivity contribution in [2.75, 3.05) is 0 Å². The lowest BCUT2D eigenvalue weighted by atomic mass is 10.2. The third-order valence-electron chi connectivity index (χ3n) is 2.34. The first kappa shape index (κ1) is 11.0. The van der Waals surface area contributed by atoms with E-state index in [1.807, 2.05) is 0 Å². The number of rotatable bonds is 4. The van der Waals surface area contributed by atoms with E-state index in [1.165, 1.54) is 6.07 Å². The molecular weight excluding hydrogens is 179 g/mol. The molecule has 0 amide bonds. The molecule has 2 heteroatoms. The number of benzene rings is 1. The highest BCUT2D eigenvalue weighted by molar-refractivity contribution is 5.28. The largest absolute Gasteiger partial charge is 0.490 e. The van der Waals surface area contributed by atoms with Crippen LogP contribution < -0.4 is 4.74 Å². The van der Waals surface area contributed by atoms with Gasteiger partial charge in [0.15, 0.2) is 0 Å². The fourth-order valence-electron chi connectivity index (χ4n) is 1.34. The van der Waals surface area contributed by atoms with Gasteiger partial charge in [-0.05, 0) is 43.5 Å². The van der Waals surface area contributed by atoms with Gasteiger partial charge in [0, 0.05) is 0 Å². The van der Waals surface area contributed by atoms with Gasteiger partial charge in [-0.3, -0.25) is 0 Å². The average molecular weight is 196 g/mol. The molecule has 0 aliphatic rings. The second-order valence-corrected chi connectivity index (χ2v) is 3.47. The average Bonchev–Trinajstić information content (AvgIpc) is 2.19. The van der Waals surface area contributed by atoms with Crippen molar-refractivity contribution in [2.45, 2.75) is 39.7 Å². The number of halogens is 1. The highest BCUT2D eigenvalue weighted by Gasteiger charge is 2.06. The molecule has 0 fully saturated rings. The number of ether oxygens (including phenoxy) is 1. The Hall–Kier alpha value is -1.05. The molecule has 0 aromatic heterocycles. The molecule has 0 spiro atoms. The Balaban J connectivity index is 2.72. The van der Waals surface area contributed by atoms with E-state index >= 15 is 0 Å². The van der Waals surface area contributed by atoms with E-state index < -0.39 is 0 Å². The van der Waals surface area contributed by atoms with Gasteiger partial charge in [0.1, 0.15) is 11.6 Å². The molecule has 0 radical (unpaired) electrons. The van der Waals surface area contributed by atoms with Crippen LogP contribution in [-0.4, -0.2) is 6.10 Å². The molecule has 1 aromatic carbocycles. The molecule has 0 atom stereocenters. The quantitative estimate of drug-likeness (QED) is 0.713. The lowest BCUT2D eigenvalue weighted by Crippen LogP contribution is -2.13. The smallest absolute Gasteiger partial charge is 0.126 e. The monoisotopic (exact) mass is 196 g/mol. The lowest BCUT2D eigenvalue weighted by molar-refractivity contribution is 0.192. The van der Waals surface area contributed by atoms with Gasteiger partial charge >= 0.3 is 0 Å². The van der Waals surface area contributed by atoms with E-state index in [9.17, 15) is 4.39 Å². The summed E-state index contributed by atoms with van der Waals surface area (Å²) in [5, 5.41) is 0. The summed E-state index contributed by atoms with van der Waals surface area (Å²) in [6.45, 7) is 5.92. The molecule has 0 saturated carbocycles. The van der Waals surface area contributed by atoms with Crippen molar-refractivity contribution in [3.05, 3.63) is 29.6 Å². The standard InChI is InChI=1S/C12H17FO/c1-4-10(5-2)14-11-6-7-12(13)9(3)8-11/h6-8,10H,4-5H2,1-3H3. The fourth-order valence-corrected chi connectivity index (χ4v) is 1.34. The maximum atomic E-state index is 12.9. The minimum Gasteiger partial charge on any atom is -0.490 e. The minimum absolute atomic E-state index is 0.179. The summed E-state index contributed by atoms with van der Waals surface area (Å²) in [6.07, 6.45) is 2.19. The molecule has 1 rings (SSSR count). The van der Waals surface area contributed by atoms with Gasteiger partial charge < -0.3 is 4.74 Å². The van der Waals surface area contributed by atoms with Crippen molar-refractivity contribution in [2.24, 2.45) is 0 Å². The highest BCUT2D eigenvalue weighted by atomic mass is 19.1. The maximum absolute atomic E-state index is 12.9. The van der Waals surface area contributed by atoms with Crippen LogP contribution in [0.1, 0.15) is 32.3 Å². The normalized spacial score (nSPS) is 10.6. The van der Waals surface area contributed by atoms with Gasteiger partial charge in [-0.15, -0.1) is 0 Å². The van der Waals surface area contributed by atoms with Gasteiger partial charge in [0.25, 0.3) is 0 Å². The van der Waals surface area contributed by atoms with Crippen LogP contribution in [0.25, 0.3) is 0 Å². The van der Waals surface area contributed by atoms with E-state index in [-0.39, 0.29) is 11.9 Å². The Kier molecular flexibility index (Phi) is 3.93. The number of hydrogen-bond donors (Lipinski definition) is 0. The summed E-state index contributed by atoms with van der Waals surface area (Å²) in [7, 11) is 0.